The number of hydrogen-bond donors (Lipinski definition) is 1. The van der Waals surface area contributed by atoms with Crippen molar-refractivity contribution in [3.8, 4) is 0 Å². The van der Waals surface area contributed by atoms with Gasteiger partial charge in [0.2, 0.25) is 5.91 Å². The molecule has 1 N–H and O–H groups in total. The van der Waals surface area contributed by atoms with Crippen molar-refractivity contribution < 1.29 is 14.0 Å². The summed E-state index contributed by atoms with van der Waals surface area (Å²) in [4.78, 5) is 37.6. The number of rotatable bonds is 1. The first-order valence-corrected chi connectivity index (χ1v) is 7.23. The van der Waals surface area contributed by atoms with E-state index in [0.29, 0.717) is 30.5 Å². The molecule has 0 saturated carbocycles. The van der Waals surface area contributed by atoms with Crippen molar-refractivity contribution in [1.29, 1.82) is 0 Å². The van der Waals surface area contributed by atoms with Crippen LogP contribution < -0.4 is 10.7 Å². The standard InChI is InChI=1S/C16H14N2O4/c19-12-6-14(22-13-4-2-1-3-10(12)13)16(21)18-7-9-5-15(20)17-11(9)8-18/h1-4,6,9,11H,5,7-8H2,(H,17,20)/t9-,11+/m0/s1. The highest BCUT2D eigenvalue weighted by Crippen LogP contribution is 2.26. The van der Waals surface area contributed by atoms with E-state index >= 15 is 0 Å². The molecule has 0 spiro atoms. The van der Waals surface area contributed by atoms with Gasteiger partial charge in [0.05, 0.1) is 11.4 Å². The van der Waals surface area contributed by atoms with Gasteiger partial charge in [-0.05, 0) is 12.1 Å². The molecule has 2 aromatic rings. The Morgan fingerprint density at radius 2 is 2.05 bits per heavy atom. The van der Waals surface area contributed by atoms with Crippen LogP contribution in [0, 0.1) is 5.92 Å². The van der Waals surface area contributed by atoms with Crippen LogP contribution in [0.5, 0.6) is 0 Å². The minimum Gasteiger partial charge on any atom is -0.451 e. The number of carbonyl (C=O) groups is 2. The monoisotopic (exact) mass is 298 g/mol. The van der Waals surface area contributed by atoms with Crippen molar-refractivity contribution in [3.63, 3.8) is 0 Å². The summed E-state index contributed by atoms with van der Waals surface area (Å²) in [6, 6.07) is 8.12. The van der Waals surface area contributed by atoms with Crippen LogP contribution in [-0.4, -0.2) is 35.8 Å². The molecule has 0 aliphatic carbocycles. The summed E-state index contributed by atoms with van der Waals surface area (Å²) in [5.74, 6) is -0.0514. The van der Waals surface area contributed by atoms with Crippen LogP contribution in [0.4, 0.5) is 0 Å². The van der Waals surface area contributed by atoms with E-state index in [-0.39, 0.29) is 35.0 Å². The van der Waals surface area contributed by atoms with E-state index in [0.717, 1.165) is 0 Å². The van der Waals surface area contributed by atoms with E-state index in [2.05, 4.69) is 5.32 Å². The van der Waals surface area contributed by atoms with Gasteiger partial charge in [-0.25, -0.2) is 0 Å². The number of para-hydroxylation sites is 1. The average molecular weight is 298 g/mol. The van der Waals surface area contributed by atoms with Gasteiger partial charge >= 0.3 is 0 Å². The zero-order chi connectivity index (χ0) is 15.3. The molecule has 0 radical (unpaired) electrons. The Hall–Kier alpha value is -2.63. The number of hydrogen-bond acceptors (Lipinski definition) is 4. The fraction of sp³-hybridized carbons (Fsp3) is 0.312. The van der Waals surface area contributed by atoms with Gasteiger partial charge in [-0.1, -0.05) is 12.1 Å². The molecule has 22 heavy (non-hydrogen) atoms. The van der Waals surface area contributed by atoms with E-state index < -0.39 is 0 Å². The summed E-state index contributed by atoms with van der Waals surface area (Å²) in [6.07, 6.45) is 0.454. The van der Waals surface area contributed by atoms with Gasteiger partial charge in [0.1, 0.15) is 5.58 Å². The van der Waals surface area contributed by atoms with Crippen LogP contribution in [0.2, 0.25) is 0 Å². The topological polar surface area (TPSA) is 79.6 Å². The van der Waals surface area contributed by atoms with Gasteiger partial charge in [-0.15, -0.1) is 0 Å². The van der Waals surface area contributed by atoms with Crippen LogP contribution in [0.15, 0.2) is 39.5 Å². The molecule has 6 nitrogen and oxygen atoms in total. The molecule has 4 rings (SSSR count). The lowest BCUT2D eigenvalue weighted by Gasteiger charge is -2.16. The third-order valence-corrected chi connectivity index (χ3v) is 4.37. The van der Waals surface area contributed by atoms with Gasteiger partial charge in [0, 0.05) is 31.5 Å². The minimum absolute atomic E-state index is 0.0172. The fourth-order valence-corrected chi connectivity index (χ4v) is 3.28. The second-order valence-corrected chi connectivity index (χ2v) is 5.82. The SMILES string of the molecule is O=C1C[C@H]2CN(C(=O)c3cc(=O)c4ccccc4o3)C[C@H]2N1. The van der Waals surface area contributed by atoms with Gasteiger partial charge < -0.3 is 14.6 Å². The molecular formula is C16H14N2O4. The zero-order valence-corrected chi connectivity index (χ0v) is 11.7. The second-order valence-electron chi connectivity index (χ2n) is 5.82. The number of amides is 2. The maximum absolute atomic E-state index is 12.5. The van der Waals surface area contributed by atoms with Crippen LogP contribution in [0.1, 0.15) is 17.0 Å². The Kier molecular flexibility index (Phi) is 2.79. The Morgan fingerprint density at radius 1 is 1.23 bits per heavy atom. The molecule has 0 unspecified atom stereocenters. The third kappa shape index (κ3) is 1.99. The van der Waals surface area contributed by atoms with Gasteiger partial charge in [0.15, 0.2) is 11.2 Å². The van der Waals surface area contributed by atoms with Crippen LogP contribution >= 0.6 is 0 Å². The zero-order valence-electron chi connectivity index (χ0n) is 11.7. The number of carbonyl (C=O) groups excluding carboxylic acids is 2. The average Bonchev–Trinajstić information content (AvgIpc) is 3.03. The normalized spacial score (nSPS) is 23.6. The molecule has 2 saturated heterocycles. The molecule has 6 heteroatoms. The smallest absolute Gasteiger partial charge is 0.289 e. The van der Waals surface area contributed by atoms with Crippen LogP contribution in [0.25, 0.3) is 11.0 Å². The predicted molar refractivity (Wildman–Crippen MR) is 78.4 cm³/mol. The number of nitrogens with one attached hydrogen (secondary N) is 1. The molecule has 2 atom stereocenters. The first kappa shape index (κ1) is 13.1. The first-order chi connectivity index (χ1) is 10.6. The molecule has 1 aromatic heterocycles. The molecule has 0 bridgehead atoms. The molecule has 112 valence electrons. The Labute approximate surface area is 125 Å². The Morgan fingerprint density at radius 3 is 2.86 bits per heavy atom. The summed E-state index contributed by atoms with van der Waals surface area (Å²) < 4.78 is 5.58. The third-order valence-electron chi connectivity index (χ3n) is 4.37. The van der Waals surface area contributed by atoms with Crippen molar-refractivity contribution >= 4 is 22.8 Å². The molecule has 3 heterocycles. The number of likely N-dealkylation sites (tertiary alicyclic amines) is 1. The van der Waals surface area contributed by atoms with E-state index in [4.69, 9.17) is 4.42 Å². The lowest BCUT2D eigenvalue weighted by atomic mass is 10.1. The molecule has 2 fully saturated rings. The van der Waals surface area contributed by atoms with Gasteiger partial charge in [0.25, 0.3) is 5.91 Å². The lowest BCUT2D eigenvalue weighted by molar-refractivity contribution is -0.119. The summed E-state index contributed by atoms with van der Waals surface area (Å²) in [6.45, 7) is 0.977. The Balaban J connectivity index is 1.64. The predicted octanol–water partition coefficient (Wildman–Crippen LogP) is 0.754. The molecule has 1 aromatic carbocycles. The fourth-order valence-electron chi connectivity index (χ4n) is 3.28. The van der Waals surface area contributed by atoms with Crippen molar-refractivity contribution in [2.75, 3.05) is 13.1 Å². The van der Waals surface area contributed by atoms with E-state index in [9.17, 15) is 14.4 Å². The van der Waals surface area contributed by atoms with Crippen molar-refractivity contribution in [2.45, 2.75) is 12.5 Å². The first-order valence-electron chi connectivity index (χ1n) is 7.23. The summed E-state index contributed by atoms with van der Waals surface area (Å²) >= 11 is 0. The molecule has 2 amide bonds. The van der Waals surface area contributed by atoms with Crippen LogP contribution in [0.3, 0.4) is 0 Å². The highest BCUT2D eigenvalue weighted by Gasteiger charge is 2.42. The summed E-state index contributed by atoms with van der Waals surface area (Å²) in [7, 11) is 0. The van der Waals surface area contributed by atoms with Crippen LogP contribution in [-0.2, 0) is 4.79 Å². The van der Waals surface area contributed by atoms with Crippen molar-refractivity contribution in [1.82, 2.24) is 10.2 Å². The van der Waals surface area contributed by atoms with Gasteiger partial charge in [-0.2, -0.15) is 0 Å². The molecule has 2 aliphatic heterocycles. The maximum Gasteiger partial charge on any atom is 0.289 e. The highest BCUT2D eigenvalue weighted by atomic mass is 16.3. The second kappa shape index (κ2) is 4.69. The number of fused-ring (bicyclic) bond motifs is 2. The quantitative estimate of drug-likeness (QED) is 0.842. The van der Waals surface area contributed by atoms with Gasteiger partial charge in [-0.3, -0.25) is 14.4 Å². The summed E-state index contributed by atoms with van der Waals surface area (Å²) in [5.41, 5.74) is 0.184. The van der Waals surface area contributed by atoms with E-state index in [1.54, 1.807) is 29.2 Å². The lowest BCUT2D eigenvalue weighted by Crippen LogP contribution is -2.35. The van der Waals surface area contributed by atoms with Crippen molar-refractivity contribution in [2.24, 2.45) is 5.92 Å². The number of benzene rings is 1. The van der Waals surface area contributed by atoms with Crippen molar-refractivity contribution in [3.05, 3.63) is 46.3 Å². The molecule has 2 aliphatic rings. The maximum atomic E-state index is 12.5. The Bertz CT molecular complexity index is 825. The highest BCUT2D eigenvalue weighted by molar-refractivity contribution is 5.93. The molecular weight excluding hydrogens is 284 g/mol. The number of nitrogens with zero attached hydrogens (tertiary/aromatic N) is 1. The summed E-state index contributed by atoms with van der Waals surface area (Å²) in [5, 5.41) is 3.33. The largest absolute Gasteiger partial charge is 0.451 e. The van der Waals surface area contributed by atoms with E-state index in [1.807, 2.05) is 0 Å². The minimum atomic E-state index is -0.300. The van der Waals surface area contributed by atoms with E-state index in [1.165, 1.54) is 6.07 Å².